The summed E-state index contributed by atoms with van der Waals surface area (Å²) >= 11 is 0. The van der Waals surface area contributed by atoms with E-state index in [1.165, 1.54) is 10.6 Å². The molecule has 0 radical (unpaired) electrons. The van der Waals surface area contributed by atoms with Gasteiger partial charge in [0.2, 0.25) is 10.0 Å². The molecule has 0 unspecified atom stereocenters. The van der Waals surface area contributed by atoms with E-state index in [0.29, 0.717) is 6.42 Å². The Bertz CT molecular complexity index is 800. The smallest absolute Gasteiger partial charge is 0.406 e. The zero-order valence-electron chi connectivity index (χ0n) is 11.7. The van der Waals surface area contributed by atoms with Gasteiger partial charge in [-0.2, -0.15) is 4.31 Å². The summed E-state index contributed by atoms with van der Waals surface area (Å²) in [5, 5.41) is 0. The van der Waals surface area contributed by atoms with Crippen LogP contribution in [0.2, 0.25) is 0 Å². The van der Waals surface area contributed by atoms with Gasteiger partial charge in [0.1, 0.15) is 5.75 Å². The van der Waals surface area contributed by atoms with Gasteiger partial charge in [0, 0.05) is 13.0 Å². The maximum Gasteiger partial charge on any atom is 0.573 e. The normalized spacial score (nSPS) is 16.1. The van der Waals surface area contributed by atoms with Crippen molar-refractivity contribution in [3.8, 4) is 5.75 Å². The first-order valence-corrected chi connectivity index (χ1v) is 8.07. The van der Waals surface area contributed by atoms with Gasteiger partial charge in [-0.3, -0.25) is 0 Å². The maximum atomic E-state index is 12.5. The first-order chi connectivity index (χ1) is 10.8. The zero-order chi connectivity index (χ0) is 16.7. The number of halogens is 3. The maximum absolute atomic E-state index is 12.5. The molecular formula is C13H12F3N3O3S. The molecule has 0 spiro atoms. The molecule has 0 saturated carbocycles. The third-order valence-electron chi connectivity index (χ3n) is 3.44. The number of ether oxygens (including phenoxy) is 1. The number of alkyl halides is 3. The minimum absolute atomic E-state index is 0.0880. The summed E-state index contributed by atoms with van der Waals surface area (Å²) in [5.74, 6) is -0.467. The van der Waals surface area contributed by atoms with Crippen LogP contribution in [0.15, 0.2) is 35.5 Å². The van der Waals surface area contributed by atoms with Crippen molar-refractivity contribution in [3.05, 3.63) is 42.0 Å². The second-order valence-electron chi connectivity index (χ2n) is 4.94. The van der Waals surface area contributed by atoms with Crippen molar-refractivity contribution < 1.29 is 26.3 Å². The standard InChI is InChI=1S/C13H12F3N3O3S/c14-13(15,16)22-9-1-3-10(4-2-9)23(20,21)19-6-5-11-12(7-19)18-8-17-11/h1-4,8H,5-7H2,(H,17,18). The lowest BCUT2D eigenvalue weighted by Gasteiger charge is -2.25. The topological polar surface area (TPSA) is 75.3 Å². The van der Waals surface area contributed by atoms with E-state index in [4.69, 9.17) is 0 Å². The summed E-state index contributed by atoms with van der Waals surface area (Å²) in [7, 11) is -3.79. The molecule has 1 aromatic carbocycles. The average molecular weight is 347 g/mol. The highest BCUT2D eigenvalue weighted by molar-refractivity contribution is 7.89. The van der Waals surface area contributed by atoms with Gasteiger partial charge >= 0.3 is 6.36 Å². The fourth-order valence-electron chi connectivity index (χ4n) is 2.36. The highest BCUT2D eigenvalue weighted by Gasteiger charge is 2.32. The minimum atomic E-state index is -4.82. The van der Waals surface area contributed by atoms with Crippen LogP contribution < -0.4 is 4.74 Å². The Balaban J connectivity index is 1.80. The third-order valence-corrected chi connectivity index (χ3v) is 5.29. The fraction of sp³-hybridized carbons (Fsp3) is 0.308. The number of aromatic amines is 1. The van der Waals surface area contributed by atoms with Crippen LogP contribution in [0.25, 0.3) is 0 Å². The molecule has 10 heteroatoms. The molecule has 0 amide bonds. The van der Waals surface area contributed by atoms with E-state index in [1.807, 2.05) is 0 Å². The van der Waals surface area contributed by atoms with Crippen molar-refractivity contribution in [2.75, 3.05) is 6.54 Å². The van der Waals surface area contributed by atoms with Crippen molar-refractivity contribution in [2.45, 2.75) is 24.2 Å². The summed E-state index contributed by atoms with van der Waals surface area (Å²) in [4.78, 5) is 6.89. The number of aromatic nitrogens is 2. The van der Waals surface area contributed by atoms with Gasteiger partial charge in [0.05, 0.1) is 29.2 Å². The van der Waals surface area contributed by atoms with E-state index >= 15 is 0 Å². The molecule has 0 aliphatic carbocycles. The number of nitrogens with one attached hydrogen (secondary N) is 1. The molecule has 0 bridgehead atoms. The number of hydrogen-bond donors (Lipinski definition) is 1. The Morgan fingerprint density at radius 2 is 1.91 bits per heavy atom. The van der Waals surface area contributed by atoms with E-state index in [0.717, 1.165) is 35.7 Å². The number of H-pyrrole nitrogens is 1. The highest BCUT2D eigenvalue weighted by atomic mass is 32.2. The van der Waals surface area contributed by atoms with Gasteiger partial charge in [0.25, 0.3) is 0 Å². The molecular weight excluding hydrogens is 335 g/mol. The van der Waals surface area contributed by atoms with Crippen molar-refractivity contribution in [3.63, 3.8) is 0 Å². The molecule has 1 aliphatic heterocycles. The molecule has 1 N–H and O–H groups in total. The van der Waals surface area contributed by atoms with E-state index in [1.54, 1.807) is 0 Å². The molecule has 0 atom stereocenters. The van der Waals surface area contributed by atoms with Crippen LogP contribution in [0.5, 0.6) is 5.75 Å². The Hall–Kier alpha value is -2.07. The van der Waals surface area contributed by atoms with Crippen molar-refractivity contribution in [1.29, 1.82) is 0 Å². The van der Waals surface area contributed by atoms with Crippen molar-refractivity contribution in [1.82, 2.24) is 14.3 Å². The number of rotatable bonds is 3. The van der Waals surface area contributed by atoms with Gasteiger partial charge in [-0.15, -0.1) is 13.2 Å². The molecule has 0 fully saturated rings. The lowest BCUT2D eigenvalue weighted by molar-refractivity contribution is -0.274. The quantitative estimate of drug-likeness (QED) is 0.922. The Morgan fingerprint density at radius 1 is 1.22 bits per heavy atom. The van der Waals surface area contributed by atoms with Crippen LogP contribution >= 0.6 is 0 Å². The molecule has 124 valence electrons. The molecule has 2 heterocycles. The first-order valence-electron chi connectivity index (χ1n) is 6.63. The van der Waals surface area contributed by atoms with Crippen LogP contribution in [0, 0.1) is 0 Å². The number of sulfonamides is 1. The molecule has 3 rings (SSSR count). The predicted molar refractivity (Wildman–Crippen MR) is 73.0 cm³/mol. The van der Waals surface area contributed by atoms with Crippen molar-refractivity contribution >= 4 is 10.0 Å². The second-order valence-corrected chi connectivity index (χ2v) is 6.87. The van der Waals surface area contributed by atoms with Gasteiger partial charge in [-0.25, -0.2) is 13.4 Å². The van der Waals surface area contributed by atoms with Crippen molar-refractivity contribution in [2.24, 2.45) is 0 Å². The van der Waals surface area contributed by atoms with Gasteiger partial charge in [-0.1, -0.05) is 0 Å². The number of nitrogens with zero attached hydrogens (tertiary/aromatic N) is 2. The molecule has 2 aromatic rings. The lowest BCUT2D eigenvalue weighted by Crippen LogP contribution is -2.36. The Labute approximate surface area is 130 Å². The second kappa shape index (κ2) is 5.53. The molecule has 6 nitrogen and oxygen atoms in total. The van der Waals surface area contributed by atoms with Crippen LogP contribution in [0.3, 0.4) is 0 Å². The Morgan fingerprint density at radius 3 is 2.57 bits per heavy atom. The van der Waals surface area contributed by atoms with E-state index in [9.17, 15) is 21.6 Å². The summed E-state index contributed by atoms with van der Waals surface area (Å²) in [6.07, 6.45) is -2.83. The zero-order valence-corrected chi connectivity index (χ0v) is 12.5. The summed E-state index contributed by atoms with van der Waals surface area (Å²) < 4.78 is 66.4. The molecule has 1 aromatic heterocycles. The monoisotopic (exact) mass is 347 g/mol. The fourth-order valence-corrected chi connectivity index (χ4v) is 3.76. The number of benzene rings is 1. The number of imidazole rings is 1. The van der Waals surface area contributed by atoms with Gasteiger partial charge < -0.3 is 9.72 Å². The molecule has 1 aliphatic rings. The van der Waals surface area contributed by atoms with Gasteiger partial charge in [-0.05, 0) is 24.3 Å². The molecule has 0 saturated heterocycles. The van der Waals surface area contributed by atoms with Crippen LogP contribution in [0.1, 0.15) is 11.4 Å². The number of fused-ring (bicyclic) bond motifs is 1. The van der Waals surface area contributed by atoms with Crippen LogP contribution in [-0.2, 0) is 23.0 Å². The first kappa shape index (κ1) is 15.8. The van der Waals surface area contributed by atoms with E-state index in [2.05, 4.69) is 14.7 Å². The molecule has 23 heavy (non-hydrogen) atoms. The van der Waals surface area contributed by atoms with Gasteiger partial charge in [0.15, 0.2) is 0 Å². The van der Waals surface area contributed by atoms with Crippen LogP contribution in [-0.4, -0.2) is 35.6 Å². The summed E-state index contributed by atoms with van der Waals surface area (Å²) in [5.41, 5.74) is 1.54. The number of hydrogen-bond acceptors (Lipinski definition) is 4. The minimum Gasteiger partial charge on any atom is -0.406 e. The highest BCUT2D eigenvalue weighted by Crippen LogP contribution is 2.27. The largest absolute Gasteiger partial charge is 0.573 e. The summed E-state index contributed by atoms with van der Waals surface area (Å²) in [6, 6.07) is 4.15. The van der Waals surface area contributed by atoms with E-state index < -0.39 is 22.1 Å². The van der Waals surface area contributed by atoms with Crippen LogP contribution in [0.4, 0.5) is 13.2 Å². The average Bonchev–Trinajstić information content (AvgIpc) is 2.93. The SMILES string of the molecule is O=S(=O)(c1ccc(OC(F)(F)F)cc1)N1CCc2nc[nH]c2C1. The third kappa shape index (κ3) is 3.32. The lowest BCUT2D eigenvalue weighted by atomic mass is 10.2. The predicted octanol–water partition coefficient (Wildman–Crippen LogP) is 2.06. The van der Waals surface area contributed by atoms with E-state index in [-0.39, 0.29) is 18.0 Å². The summed E-state index contributed by atoms with van der Waals surface area (Å²) in [6.45, 7) is 0.416. The Kier molecular flexibility index (Phi) is 3.80.